The Kier molecular flexibility index (Phi) is 4.99. The van der Waals surface area contributed by atoms with Crippen molar-refractivity contribution in [1.29, 1.82) is 0 Å². The van der Waals surface area contributed by atoms with Gasteiger partial charge in [-0.05, 0) is 24.3 Å². The first kappa shape index (κ1) is 14.4. The Bertz CT molecular complexity index is 493. The van der Waals surface area contributed by atoms with Crippen LogP contribution in [0.5, 0.6) is 5.75 Å². The van der Waals surface area contributed by atoms with Crippen LogP contribution in [-0.2, 0) is 4.74 Å². The van der Waals surface area contributed by atoms with E-state index in [0.29, 0.717) is 17.9 Å². The molecule has 1 aliphatic rings. The number of terminal acetylenes is 1. The molecule has 5 heteroatoms. The Morgan fingerprint density at radius 3 is 2.85 bits per heavy atom. The minimum Gasteiger partial charge on any atom is -0.481 e. The number of rotatable bonds is 5. The van der Waals surface area contributed by atoms with Crippen molar-refractivity contribution in [1.82, 2.24) is 10.6 Å². The van der Waals surface area contributed by atoms with Gasteiger partial charge in [0.05, 0.1) is 12.1 Å². The Hall–Kier alpha value is -2.03. The minimum absolute atomic E-state index is 0.00938. The van der Waals surface area contributed by atoms with Crippen LogP contribution in [0.1, 0.15) is 10.4 Å². The molecule has 0 radical (unpaired) electrons. The first-order chi connectivity index (χ1) is 9.74. The summed E-state index contributed by atoms with van der Waals surface area (Å²) in [5.41, 5.74) is 0.583. The molecular weight excluding hydrogens is 256 g/mol. The van der Waals surface area contributed by atoms with Gasteiger partial charge in [-0.15, -0.1) is 6.42 Å². The lowest BCUT2D eigenvalue weighted by Gasteiger charge is -2.18. The number of carbonyl (C=O) groups excluding carboxylic acids is 1. The maximum atomic E-state index is 12.1. The zero-order chi connectivity index (χ0) is 14.4. The van der Waals surface area contributed by atoms with E-state index < -0.39 is 0 Å². The van der Waals surface area contributed by atoms with E-state index in [-0.39, 0.29) is 24.7 Å². The highest BCUT2D eigenvalue weighted by atomic mass is 16.5. The van der Waals surface area contributed by atoms with Crippen molar-refractivity contribution in [2.75, 3.05) is 26.8 Å². The van der Waals surface area contributed by atoms with Crippen molar-refractivity contribution in [2.24, 2.45) is 0 Å². The fraction of sp³-hybridized carbons (Fsp3) is 0.400. The van der Waals surface area contributed by atoms with Crippen LogP contribution >= 0.6 is 0 Å². The van der Waals surface area contributed by atoms with E-state index >= 15 is 0 Å². The molecule has 1 aromatic carbocycles. The standard InChI is InChI=1S/C15H18N2O3/c1-3-8-20-12-6-4-11(5-7-12)15(18)17-13-9-16-10-14(13)19-2/h1,4-7,13-14,16H,8-10H2,2H3,(H,17,18)/t13-,14-/m0/s1. The van der Waals surface area contributed by atoms with E-state index in [1.54, 1.807) is 31.4 Å². The van der Waals surface area contributed by atoms with Gasteiger partial charge in [0, 0.05) is 25.8 Å². The molecule has 2 atom stereocenters. The van der Waals surface area contributed by atoms with E-state index in [1.165, 1.54) is 0 Å². The van der Waals surface area contributed by atoms with E-state index in [2.05, 4.69) is 16.6 Å². The molecule has 0 unspecified atom stereocenters. The van der Waals surface area contributed by atoms with E-state index in [9.17, 15) is 4.79 Å². The van der Waals surface area contributed by atoms with Crippen LogP contribution in [0.4, 0.5) is 0 Å². The summed E-state index contributed by atoms with van der Waals surface area (Å²) in [5, 5.41) is 6.14. The molecule has 0 saturated carbocycles. The fourth-order valence-corrected chi connectivity index (χ4v) is 2.13. The van der Waals surface area contributed by atoms with Gasteiger partial charge in [0.1, 0.15) is 12.4 Å². The first-order valence-electron chi connectivity index (χ1n) is 6.45. The molecule has 1 aromatic rings. The number of nitrogens with one attached hydrogen (secondary N) is 2. The van der Waals surface area contributed by atoms with Crippen molar-refractivity contribution < 1.29 is 14.3 Å². The Morgan fingerprint density at radius 2 is 2.20 bits per heavy atom. The Balaban J connectivity index is 1.94. The van der Waals surface area contributed by atoms with Gasteiger partial charge >= 0.3 is 0 Å². The average molecular weight is 274 g/mol. The van der Waals surface area contributed by atoms with Crippen LogP contribution in [0.15, 0.2) is 24.3 Å². The molecule has 1 heterocycles. The first-order valence-corrected chi connectivity index (χ1v) is 6.45. The Morgan fingerprint density at radius 1 is 1.45 bits per heavy atom. The third-order valence-corrected chi connectivity index (χ3v) is 3.22. The highest BCUT2D eigenvalue weighted by molar-refractivity contribution is 5.94. The molecule has 106 valence electrons. The van der Waals surface area contributed by atoms with Gasteiger partial charge in [-0.2, -0.15) is 0 Å². The molecule has 2 rings (SSSR count). The molecule has 5 nitrogen and oxygen atoms in total. The van der Waals surface area contributed by atoms with E-state index in [4.69, 9.17) is 15.9 Å². The van der Waals surface area contributed by atoms with Crippen LogP contribution in [0, 0.1) is 12.3 Å². The van der Waals surface area contributed by atoms with Gasteiger partial charge in [-0.25, -0.2) is 0 Å². The Labute approximate surface area is 118 Å². The maximum Gasteiger partial charge on any atom is 0.251 e. The molecular formula is C15H18N2O3. The molecule has 1 fully saturated rings. The number of hydrogen-bond acceptors (Lipinski definition) is 4. The van der Waals surface area contributed by atoms with E-state index in [0.717, 1.165) is 6.54 Å². The molecule has 20 heavy (non-hydrogen) atoms. The monoisotopic (exact) mass is 274 g/mol. The quantitative estimate of drug-likeness (QED) is 0.764. The summed E-state index contributed by atoms with van der Waals surface area (Å²) in [5.74, 6) is 2.92. The molecule has 0 aromatic heterocycles. The summed E-state index contributed by atoms with van der Waals surface area (Å²) < 4.78 is 10.6. The SMILES string of the molecule is C#CCOc1ccc(C(=O)N[C@H]2CNC[C@@H]2OC)cc1. The van der Waals surface area contributed by atoms with Gasteiger partial charge in [0.2, 0.25) is 0 Å². The lowest BCUT2D eigenvalue weighted by atomic mass is 10.1. The summed E-state index contributed by atoms with van der Waals surface area (Å²) in [7, 11) is 1.65. The number of carbonyl (C=O) groups is 1. The van der Waals surface area contributed by atoms with Gasteiger partial charge in [-0.1, -0.05) is 5.92 Å². The lowest BCUT2D eigenvalue weighted by molar-refractivity contribution is 0.0780. The largest absolute Gasteiger partial charge is 0.481 e. The smallest absolute Gasteiger partial charge is 0.251 e. The normalized spacial score (nSPS) is 21.2. The summed E-state index contributed by atoms with van der Waals surface area (Å²) in [6.45, 7) is 1.68. The number of hydrogen-bond donors (Lipinski definition) is 2. The number of benzene rings is 1. The topological polar surface area (TPSA) is 59.6 Å². The number of methoxy groups -OCH3 is 1. The number of amides is 1. The predicted octanol–water partition coefficient (Wildman–Crippen LogP) is 0.415. The van der Waals surface area contributed by atoms with Gasteiger partial charge < -0.3 is 20.1 Å². The van der Waals surface area contributed by atoms with Crippen molar-refractivity contribution in [2.45, 2.75) is 12.1 Å². The van der Waals surface area contributed by atoms with Crippen LogP contribution in [0.2, 0.25) is 0 Å². The van der Waals surface area contributed by atoms with Gasteiger partial charge in [-0.3, -0.25) is 4.79 Å². The van der Waals surface area contributed by atoms with Crippen LogP contribution < -0.4 is 15.4 Å². The average Bonchev–Trinajstić information content (AvgIpc) is 2.92. The van der Waals surface area contributed by atoms with Crippen LogP contribution in [0.3, 0.4) is 0 Å². The van der Waals surface area contributed by atoms with Gasteiger partial charge in [0.25, 0.3) is 5.91 Å². The fourth-order valence-electron chi connectivity index (χ4n) is 2.13. The molecule has 1 amide bonds. The molecule has 2 N–H and O–H groups in total. The molecule has 0 spiro atoms. The third-order valence-electron chi connectivity index (χ3n) is 3.22. The van der Waals surface area contributed by atoms with Gasteiger partial charge in [0.15, 0.2) is 0 Å². The van der Waals surface area contributed by atoms with Crippen molar-refractivity contribution in [3.8, 4) is 18.1 Å². The summed E-state index contributed by atoms with van der Waals surface area (Å²) >= 11 is 0. The number of ether oxygens (including phenoxy) is 2. The summed E-state index contributed by atoms with van der Waals surface area (Å²) in [4.78, 5) is 12.1. The summed E-state index contributed by atoms with van der Waals surface area (Å²) in [6, 6.07) is 6.88. The highest BCUT2D eigenvalue weighted by Gasteiger charge is 2.28. The highest BCUT2D eigenvalue weighted by Crippen LogP contribution is 2.13. The summed E-state index contributed by atoms with van der Waals surface area (Å²) in [6.07, 6.45) is 5.13. The maximum absolute atomic E-state index is 12.1. The second-order valence-corrected chi connectivity index (χ2v) is 4.53. The van der Waals surface area contributed by atoms with Crippen LogP contribution in [-0.4, -0.2) is 44.9 Å². The second kappa shape index (κ2) is 6.94. The van der Waals surface area contributed by atoms with E-state index in [1.807, 2.05) is 0 Å². The molecule has 0 aliphatic carbocycles. The van der Waals surface area contributed by atoms with Crippen molar-refractivity contribution in [3.63, 3.8) is 0 Å². The molecule has 1 saturated heterocycles. The zero-order valence-electron chi connectivity index (χ0n) is 11.4. The molecule has 1 aliphatic heterocycles. The van der Waals surface area contributed by atoms with Crippen molar-refractivity contribution in [3.05, 3.63) is 29.8 Å². The van der Waals surface area contributed by atoms with Crippen LogP contribution in [0.25, 0.3) is 0 Å². The predicted molar refractivity (Wildman–Crippen MR) is 75.7 cm³/mol. The molecule has 0 bridgehead atoms. The van der Waals surface area contributed by atoms with Crippen molar-refractivity contribution >= 4 is 5.91 Å². The minimum atomic E-state index is -0.121. The lowest BCUT2D eigenvalue weighted by Crippen LogP contribution is -2.43. The second-order valence-electron chi connectivity index (χ2n) is 4.53. The zero-order valence-corrected chi connectivity index (χ0v) is 11.4. The third kappa shape index (κ3) is 3.50.